The Morgan fingerprint density at radius 3 is 2.33 bits per heavy atom. The molecule has 0 saturated heterocycles. The minimum atomic E-state index is -3.74. The molecule has 1 aromatic carbocycles. The Bertz CT molecular complexity index is 638. The quantitative estimate of drug-likeness (QED) is 0.803. The second-order valence-corrected chi connectivity index (χ2v) is 7.37. The Balaban J connectivity index is 3.07. The van der Waals surface area contributed by atoms with Crippen molar-refractivity contribution < 1.29 is 8.42 Å². The summed E-state index contributed by atoms with van der Waals surface area (Å²) in [5.74, 6) is 5.82. The van der Waals surface area contributed by atoms with Crippen LogP contribution >= 0.6 is 23.2 Å². The lowest BCUT2D eigenvalue weighted by atomic mass is 10.1. The zero-order valence-corrected chi connectivity index (χ0v) is 14.2. The minimum Gasteiger partial charge on any atom is -0.320 e. The van der Waals surface area contributed by atoms with E-state index in [2.05, 4.69) is 16.6 Å². The summed E-state index contributed by atoms with van der Waals surface area (Å²) in [6, 6.07) is 2.93. The maximum atomic E-state index is 12.2. The van der Waals surface area contributed by atoms with Crippen LogP contribution in [0.5, 0.6) is 0 Å². The van der Waals surface area contributed by atoms with Gasteiger partial charge >= 0.3 is 0 Å². The number of hydrogen-bond acceptors (Lipinski definition) is 3. The van der Waals surface area contributed by atoms with Crippen molar-refractivity contribution in [2.75, 3.05) is 13.1 Å². The van der Waals surface area contributed by atoms with E-state index in [1.807, 2.05) is 13.8 Å². The Labute approximate surface area is 136 Å². The van der Waals surface area contributed by atoms with Crippen LogP contribution in [-0.2, 0) is 10.0 Å². The third-order valence-electron chi connectivity index (χ3n) is 2.62. The fourth-order valence-corrected chi connectivity index (χ4v) is 3.85. The molecule has 0 fully saturated rings. The van der Waals surface area contributed by atoms with Crippen molar-refractivity contribution in [3.8, 4) is 11.8 Å². The van der Waals surface area contributed by atoms with Crippen LogP contribution in [0.2, 0.25) is 10.0 Å². The lowest BCUT2D eigenvalue weighted by molar-refractivity contribution is 0.551. The largest absolute Gasteiger partial charge is 0.320 e. The molecule has 0 unspecified atom stereocenters. The number of halogens is 2. The number of rotatable bonds is 5. The van der Waals surface area contributed by atoms with Gasteiger partial charge < -0.3 is 5.73 Å². The molecule has 0 spiro atoms. The predicted octanol–water partition coefficient (Wildman–Crippen LogP) is 2.63. The number of nitrogens with one attached hydrogen (secondary N) is 1. The molecule has 7 heteroatoms. The third kappa shape index (κ3) is 5.50. The monoisotopic (exact) mass is 348 g/mol. The predicted molar refractivity (Wildman–Crippen MR) is 87.0 cm³/mol. The summed E-state index contributed by atoms with van der Waals surface area (Å²) in [5.41, 5.74) is 5.81. The van der Waals surface area contributed by atoms with Crippen LogP contribution in [0.3, 0.4) is 0 Å². The summed E-state index contributed by atoms with van der Waals surface area (Å²) < 4.78 is 27.0. The van der Waals surface area contributed by atoms with Crippen molar-refractivity contribution in [3.63, 3.8) is 0 Å². The van der Waals surface area contributed by atoms with Gasteiger partial charge in [0, 0.05) is 12.1 Å². The molecular weight excluding hydrogens is 331 g/mol. The maximum absolute atomic E-state index is 12.2. The van der Waals surface area contributed by atoms with Gasteiger partial charge in [0.2, 0.25) is 10.0 Å². The standard InChI is InChI=1S/C14H18Cl2N2O2S/c1-10(2)5-7-18-21(19,20)14-12(15)8-11(4-3-6-17)9-13(14)16/h8-10,18H,5-7,17H2,1-2H3. The number of hydrogen-bond donors (Lipinski definition) is 2. The maximum Gasteiger partial charge on any atom is 0.243 e. The van der Waals surface area contributed by atoms with Crippen molar-refractivity contribution in [2.24, 2.45) is 11.7 Å². The summed E-state index contributed by atoms with van der Waals surface area (Å²) in [6.45, 7) is 4.56. The summed E-state index contributed by atoms with van der Waals surface area (Å²) in [5, 5.41) is 0.0849. The first-order chi connectivity index (χ1) is 9.77. The highest BCUT2D eigenvalue weighted by atomic mass is 35.5. The Morgan fingerprint density at radius 1 is 1.29 bits per heavy atom. The van der Waals surface area contributed by atoms with Crippen LogP contribution < -0.4 is 10.5 Å². The van der Waals surface area contributed by atoms with Crippen LogP contribution in [0, 0.1) is 17.8 Å². The molecule has 0 aliphatic rings. The smallest absolute Gasteiger partial charge is 0.243 e. The highest BCUT2D eigenvalue weighted by molar-refractivity contribution is 7.89. The highest BCUT2D eigenvalue weighted by Gasteiger charge is 2.22. The van der Waals surface area contributed by atoms with E-state index in [9.17, 15) is 8.42 Å². The van der Waals surface area contributed by atoms with Crippen LogP contribution in [0.4, 0.5) is 0 Å². The van der Waals surface area contributed by atoms with Gasteiger partial charge in [-0.3, -0.25) is 0 Å². The molecule has 0 saturated carbocycles. The SMILES string of the molecule is CC(C)CCNS(=O)(=O)c1c(Cl)cc(C#CCN)cc1Cl. The molecular formula is C14H18Cl2N2O2S. The molecule has 0 amide bonds. The topological polar surface area (TPSA) is 72.2 Å². The average molecular weight is 349 g/mol. The fraction of sp³-hybridized carbons (Fsp3) is 0.429. The van der Waals surface area contributed by atoms with Crippen molar-refractivity contribution in [1.82, 2.24) is 4.72 Å². The van der Waals surface area contributed by atoms with E-state index in [0.29, 0.717) is 18.0 Å². The molecule has 4 nitrogen and oxygen atoms in total. The van der Waals surface area contributed by atoms with Gasteiger partial charge in [-0.2, -0.15) is 0 Å². The van der Waals surface area contributed by atoms with Gasteiger partial charge in [0.05, 0.1) is 16.6 Å². The molecule has 116 valence electrons. The van der Waals surface area contributed by atoms with Gasteiger partial charge in [0.1, 0.15) is 4.90 Å². The Morgan fingerprint density at radius 2 is 1.86 bits per heavy atom. The molecule has 0 atom stereocenters. The number of benzene rings is 1. The highest BCUT2D eigenvalue weighted by Crippen LogP contribution is 2.30. The normalized spacial score (nSPS) is 11.3. The van der Waals surface area contributed by atoms with E-state index < -0.39 is 10.0 Å². The molecule has 0 heterocycles. The Kier molecular flexibility index (Phi) is 6.98. The van der Waals surface area contributed by atoms with Crippen molar-refractivity contribution in [3.05, 3.63) is 27.7 Å². The van der Waals surface area contributed by atoms with E-state index in [0.717, 1.165) is 6.42 Å². The lowest BCUT2D eigenvalue weighted by Crippen LogP contribution is -2.26. The molecule has 21 heavy (non-hydrogen) atoms. The molecule has 0 aliphatic heterocycles. The molecule has 1 aromatic rings. The van der Waals surface area contributed by atoms with Gasteiger partial charge in [-0.1, -0.05) is 48.9 Å². The summed E-state index contributed by atoms with van der Waals surface area (Å²) in [7, 11) is -3.74. The molecule has 3 N–H and O–H groups in total. The van der Waals surface area contributed by atoms with Gasteiger partial charge in [0.15, 0.2) is 0 Å². The first kappa shape index (κ1) is 18.3. The zero-order valence-electron chi connectivity index (χ0n) is 11.9. The van der Waals surface area contributed by atoms with Gasteiger partial charge in [-0.25, -0.2) is 13.1 Å². The number of nitrogens with two attached hydrogens (primary N) is 1. The van der Waals surface area contributed by atoms with Crippen molar-refractivity contribution in [1.29, 1.82) is 0 Å². The van der Waals surface area contributed by atoms with Crippen LogP contribution in [0.15, 0.2) is 17.0 Å². The second kappa shape index (κ2) is 8.02. The van der Waals surface area contributed by atoms with E-state index >= 15 is 0 Å². The van der Waals surface area contributed by atoms with E-state index in [1.165, 1.54) is 12.1 Å². The van der Waals surface area contributed by atoms with Crippen molar-refractivity contribution >= 4 is 33.2 Å². The summed E-state index contributed by atoms with van der Waals surface area (Å²) >= 11 is 12.1. The molecule has 0 aromatic heterocycles. The van der Waals surface area contributed by atoms with Crippen LogP contribution in [0.25, 0.3) is 0 Å². The van der Waals surface area contributed by atoms with Gasteiger partial charge in [-0.05, 0) is 24.5 Å². The van der Waals surface area contributed by atoms with E-state index in [1.54, 1.807) is 0 Å². The lowest BCUT2D eigenvalue weighted by Gasteiger charge is -2.11. The average Bonchev–Trinajstić information content (AvgIpc) is 2.34. The first-order valence-corrected chi connectivity index (χ1v) is 8.69. The molecule has 1 rings (SSSR count). The number of sulfonamides is 1. The van der Waals surface area contributed by atoms with E-state index in [-0.39, 0.29) is 21.5 Å². The van der Waals surface area contributed by atoms with Gasteiger partial charge in [-0.15, -0.1) is 0 Å². The molecule has 0 bridgehead atoms. The Hall–Kier alpha value is -0.770. The van der Waals surface area contributed by atoms with Crippen molar-refractivity contribution in [2.45, 2.75) is 25.2 Å². The minimum absolute atomic E-state index is 0.0425. The first-order valence-electron chi connectivity index (χ1n) is 6.45. The van der Waals surface area contributed by atoms with Gasteiger partial charge in [0.25, 0.3) is 0 Å². The van der Waals surface area contributed by atoms with E-state index in [4.69, 9.17) is 28.9 Å². The summed E-state index contributed by atoms with van der Waals surface area (Å²) in [6.07, 6.45) is 0.731. The fourth-order valence-electron chi connectivity index (χ4n) is 1.60. The molecule has 0 radical (unpaired) electrons. The molecule has 0 aliphatic carbocycles. The third-order valence-corrected chi connectivity index (χ3v) is 5.00. The zero-order chi connectivity index (χ0) is 16.0. The second-order valence-electron chi connectivity index (χ2n) is 4.86. The summed E-state index contributed by atoms with van der Waals surface area (Å²) in [4.78, 5) is -0.118. The van der Waals surface area contributed by atoms with Crippen LogP contribution in [-0.4, -0.2) is 21.5 Å². The van der Waals surface area contributed by atoms with Crippen LogP contribution in [0.1, 0.15) is 25.8 Å².